The molecule has 6 heteroatoms. The smallest absolute Gasteiger partial charge is 0.390 e. The second-order valence-electron chi connectivity index (χ2n) is 4.58. The third-order valence-corrected chi connectivity index (χ3v) is 3.80. The van der Waals surface area contributed by atoms with Gasteiger partial charge in [-0.3, -0.25) is 0 Å². The fraction of sp³-hybridized carbons (Fsp3) is 1.00. The van der Waals surface area contributed by atoms with Gasteiger partial charge in [0.2, 0.25) is 0 Å². The quantitative estimate of drug-likeness (QED) is 0.242. The summed E-state index contributed by atoms with van der Waals surface area (Å²) in [5.74, 6) is 4.92. The topological polar surface area (TPSA) is 95.9 Å². The van der Waals surface area contributed by atoms with Crippen molar-refractivity contribution in [3.05, 3.63) is 0 Å². The van der Waals surface area contributed by atoms with E-state index >= 15 is 0 Å². The van der Waals surface area contributed by atoms with E-state index in [-0.39, 0.29) is 6.04 Å². The van der Waals surface area contributed by atoms with E-state index < -0.39 is 8.80 Å². The number of hydrogen-bond donors (Lipinski definition) is 4. The first-order chi connectivity index (χ1) is 8.06. The van der Waals surface area contributed by atoms with Crippen molar-refractivity contribution >= 4 is 8.80 Å². The maximum Gasteiger partial charge on any atom is 0.492 e. The average molecular weight is 265 g/mol. The van der Waals surface area contributed by atoms with E-state index in [0.29, 0.717) is 13.0 Å². The third-order valence-electron chi connectivity index (χ3n) is 2.77. The van der Waals surface area contributed by atoms with Crippen molar-refractivity contribution in [2.45, 2.75) is 63.8 Å². The summed E-state index contributed by atoms with van der Waals surface area (Å²) in [5.41, 5.74) is 0. The molecule has 0 spiro atoms. The van der Waals surface area contributed by atoms with Gasteiger partial charge in [-0.15, -0.1) is 0 Å². The van der Waals surface area contributed by atoms with Crippen LogP contribution in [0.15, 0.2) is 0 Å². The van der Waals surface area contributed by atoms with Crippen molar-refractivity contribution in [3.8, 4) is 0 Å². The lowest BCUT2D eigenvalue weighted by Gasteiger charge is -2.08. The van der Waals surface area contributed by atoms with E-state index in [4.69, 9.17) is 20.3 Å². The van der Waals surface area contributed by atoms with Gasteiger partial charge in [0.15, 0.2) is 0 Å². The van der Waals surface area contributed by atoms with Crippen molar-refractivity contribution < 1.29 is 19.2 Å². The molecule has 0 radical (unpaired) electrons. The van der Waals surface area contributed by atoms with E-state index in [1.165, 1.54) is 32.1 Å². The second kappa shape index (κ2) is 11.1. The molecular formula is C11H27NO4Si. The Morgan fingerprint density at radius 1 is 0.706 bits per heavy atom. The number of hydrogen-bond acceptors (Lipinski definition) is 5. The Morgan fingerprint density at radius 3 is 1.53 bits per heavy atom. The van der Waals surface area contributed by atoms with Crippen LogP contribution in [0.5, 0.6) is 0 Å². The first-order valence-electron chi connectivity index (χ1n) is 6.55. The van der Waals surface area contributed by atoms with Crippen molar-refractivity contribution in [2.75, 3.05) is 6.61 Å². The lowest BCUT2D eigenvalue weighted by molar-refractivity contribution is 0.133. The molecule has 0 aromatic rings. The van der Waals surface area contributed by atoms with Crippen LogP contribution in [-0.4, -0.2) is 29.8 Å². The van der Waals surface area contributed by atoms with E-state index in [9.17, 15) is 0 Å². The lowest BCUT2D eigenvalue weighted by atomic mass is 10.1. The molecule has 0 bridgehead atoms. The first-order valence-corrected chi connectivity index (χ1v) is 8.60. The maximum atomic E-state index is 8.79. The Morgan fingerprint density at radius 2 is 1.12 bits per heavy atom. The van der Waals surface area contributed by atoms with Crippen molar-refractivity contribution in [2.24, 2.45) is 5.90 Å². The summed E-state index contributed by atoms with van der Waals surface area (Å²) >= 11 is 0. The van der Waals surface area contributed by atoms with Crippen LogP contribution in [0.2, 0.25) is 6.04 Å². The van der Waals surface area contributed by atoms with E-state index in [1.807, 2.05) is 0 Å². The molecule has 0 aliphatic carbocycles. The Balaban J connectivity index is 2.99. The van der Waals surface area contributed by atoms with Crippen LogP contribution in [0.1, 0.15) is 57.8 Å². The summed E-state index contributed by atoms with van der Waals surface area (Å²) in [6.45, 7) is 0.648. The highest BCUT2D eigenvalue weighted by molar-refractivity contribution is 6.56. The van der Waals surface area contributed by atoms with Gasteiger partial charge in [-0.25, -0.2) is 5.90 Å². The van der Waals surface area contributed by atoms with Gasteiger partial charge in [0.25, 0.3) is 0 Å². The average Bonchev–Trinajstić information content (AvgIpc) is 2.24. The van der Waals surface area contributed by atoms with Crippen molar-refractivity contribution in [1.82, 2.24) is 0 Å². The summed E-state index contributed by atoms with van der Waals surface area (Å²) in [6.07, 6.45) is 9.87. The zero-order valence-corrected chi connectivity index (χ0v) is 11.6. The highest BCUT2D eigenvalue weighted by Gasteiger charge is 2.25. The van der Waals surface area contributed by atoms with Crippen LogP contribution in [0.25, 0.3) is 0 Å². The molecule has 0 saturated heterocycles. The second-order valence-corrected chi connectivity index (χ2v) is 6.63. The van der Waals surface area contributed by atoms with Gasteiger partial charge >= 0.3 is 8.80 Å². The van der Waals surface area contributed by atoms with Gasteiger partial charge in [0.1, 0.15) is 0 Å². The van der Waals surface area contributed by atoms with Crippen molar-refractivity contribution in [3.63, 3.8) is 0 Å². The Hall–Kier alpha value is 0.0169. The minimum absolute atomic E-state index is 0.173. The first kappa shape index (κ1) is 17.0. The Bertz CT molecular complexity index is 164. The van der Waals surface area contributed by atoms with Crippen LogP contribution in [-0.2, 0) is 4.84 Å². The minimum atomic E-state index is -3.77. The number of nitrogens with two attached hydrogens (primary N) is 1. The summed E-state index contributed by atoms with van der Waals surface area (Å²) in [6, 6.07) is 0.173. The molecule has 0 rings (SSSR count). The molecule has 17 heavy (non-hydrogen) atoms. The number of rotatable bonds is 12. The maximum absolute atomic E-state index is 8.79. The van der Waals surface area contributed by atoms with Gasteiger partial charge in [-0.1, -0.05) is 44.9 Å². The Labute approximate surface area is 105 Å². The molecule has 5 nitrogen and oxygen atoms in total. The van der Waals surface area contributed by atoms with E-state index in [1.54, 1.807) is 0 Å². The molecule has 0 aromatic heterocycles. The normalized spacial score (nSPS) is 12.0. The molecular weight excluding hydrogens is 238 g/mol. The molecule has 0 aliphatic rings. The molecule has 0 atom stereocenters. The van der Waals surface area contributed by atoms with Gasteiger partial charge in [0, 0.05) is 6.04 Å². The summed E-state index contributed by atoms with van der Waals surface area (Å²) in [7, 11) is -3.77. The molecule has 0 unspecified atom stereocenters. The monoisotopic (exact) mass is 265 g/mol. The standard InChI is InChI=1S/C11H27NO4Si/c12-16-10-8-6-4-2-1-3-5-7-9-11-17(13,14)15/h13-15H,1-12H2. The van der Waals surface area contributed by atoms with Crippen LogP contribution in [0.3, 0.4) is 0 Å². The molecule has 0 aromatic carbocycles. The van der Waals surface area contributed by atoms with Crippen LogP contribution in [0.4, 0.5) is 0 Å². The Kier molecular flexibility index (Phi) is 11.1. The van der Waals surface area contributed by atoms with Gasteiger partial charge in [-0.05, 0) is 12.8 Å². The predicted molar refractivity (Wildman–Crippen MR) is 68.9 cm³/mol. The molecule has 104 valence electrons. The van der Waals surface area contributed by atoms with E-state index in [2.05, 4.69) is 4.84 Å². The van der Waals surface area contributed by atoms with Crippen LogP contribution >= 0.6 is 0 Å². The predicted octanol–water partition coefficient (Wildman–Crippen LogP) is 1.30. The zero-order valence-electron chi connectivity index (χ0n) is 10.6. The molecule has 0 heterocycles. The molecule has 5 N–H and O–H groups in total. The summed E-state index contributed by atoms with van der Waals surface area (Å²) in [5, 5.41) is 0. The molecule has 0 fully saturated rings. The SMILES string of the molecule is NOCCCCCCCCCCC[Si](O)(O)O. The molecule has 0 amide bonds. The zero-order chi connectivity index (χ0) is 13.0. The third kappa shape index (κ3) is 16.0. The van der Waals surface area contributed by atoms with Crippen LogP contribution in [0, 0.1) is 0 Å². The summed E-state index contributed by atoms with van der Waals surface area (Å²) in [4.78, 5) is 30.9. The summed E-state index contributed by atoms with van der Waals surface area (Å²) < 4.78 is 0. The highest BCUT2D eigenvalue weighted by atomic mass is 28.4. The molecule has 0 saturated carbocycles. The highest BCUT2D eigenvalue weighted by Crippen LogP contribution is 2.12. The fourth-order valence-electron chi connectivity index (χ4n) is 1.79. The van der Waals surface area contributed by atoms with Crippen LogP contribution < -0.4 is 5.90 Å². The van der Waals surface area contributed by atoms with E-state index in [0.717, 1.165) is 19.3 Å². The van der Waals surface area contributed by atoms with Gasteiger partial charge < -0.3 is 19.2 Å². The molecule has 0 aliphatic heterocycles. The number of unbranched alkanes of at least 4 members (excludes halogenated alkanes) is 8. The van der Waals surface area contributed by atoms with Gasteiger partial charge in [0.05, 0.1) is 6.61 Å². The largest absolute Gasteiger partial charge is 0.492 e. The minimum Gasteiger partial charge on any atom is -0.390 e. The van der Waals surface area contributed by atoms with Gasteiger partial charge in [-0.2, -0.15) is 0 Å². The fourth-order valence-corrected chi connectivity index (χ4v) is 2.51. The lowest BCUT2D eigenvalue weighted by Crippen LogP contribution is -2.33. The van der Waals surface area contributed by atoms with Crippen molar-refractivity contribution in [1.29, 1.82) is 0 Å².